The van der Waals surface area contributed by atoms with Crippen LogP contribution in [0.3, 0.4) is 0 Å². The van der Waals surface area contributed by atoms with Gasteiger partial charge in [0.05, 0.1) is 14.2 Å². The van der Waals surface area contributed by atoms with Crippen LogP contribution < -0.4 is 9.47 Å². The van der Waals surface area contributed by atoms with Crippen molar-refractivity contribution in [1.82, 2.24) is 0 Å². The lowest BCUT2D eigenvalue weighted by atomic mass is 10.1. The fourth-order valence-corrected chi connectivity index (χ4v) is 2.23. The van der Waals surface area contributed by atoms with Gasteiger partial charge in [-0.1, -0.05) is 40.2 Å². The summed E-state index contributed by atoms with van der Waals surface area (Å²) in [6.07, 6.45) is 4.11. The van der Waals surface area contributed by atoms with Crippen molar-refractivity contribution in [3.8, 4) is 11.5 Å². The van der Waals surface area contributed by atoms with E-state index in [1.165, 1.54) is 0 Å². The highest BCUT2D eigenvalue weighted by Gasteiger charge is 2.06. The molecule has 0 aliphatic carbocycles. The Labute approximate surface area is 128 Å². The van der Waals surface area contributed by atoms with E-state index < -0.39 is 0 Å². The summed E-state index contributed by atoms with van der Waals surface area (Å²) in [5.74, 6) is 1.67. The van der Waals surface area contributed by atoms with Crippen LogP contribution in [0.5, 0.6) is 11.5 Å². The van der Waals surface area contributed by atoms with Crippen LogP contribution in [0.4, 0.5) is 0 Å². The first-order valence-corrected chi connectivity index (χ1v) is 7.09. The molecule has 0 unspecified atom stereocenters. The molecule has 0 atom stereocenters. The summed E-state index contributed by atoms with van der Waals surface area (Å²) in [4.78, 5) is 0. The molecule has 2 aromatic rings. The van der Waals surface area contributed by atoms with Crippen LogP contribution in [0.15, 0.2) is 40.9 Å². The van der Waals surface area contributed by atoms with Gasteiger partial charge in [0.25, 0.3) is 0 Å². The number of methoxy groups -OCH3 is 2. The SMILES string of the molecule is COc1cc(/C=C/c2ccc(Br)cc2)cc(OC)c1C. The summed E-state index contributed by atoms with van der Waals surface area (Å²) in [5.41, 5.74) is 3.20. The zero-order valence-corrected chi connectivity index (χ0v) is 13.4. The molecule has 3 heteroatoms. The van der Waals surface area contributed by atoms with Gasteiger partial charge < -0.3 is 9.47 Å². The summed E-state index contributed by atoms with van der Waals surface area (Å²) in [7, 11) is 3.34. The van der Waals surface area contributed by atoms with E-state index in [0.717, 1.165) is 32.7 Å². The van der Waals surface area contributed by atoms with Gasteiger partial charge in [0.2, 0.25) is 0 Å². The van der Waals surface area contributed by atoms with Gasteiger partial charge in [-0.25, -0.2) is 0 Å². The first-order valence-electron chi connectivity index (χ1n) is 6.30. The predicted octanol–water partition coefficient (Wildman–Crippen LogP) is 4.95. The van der Waals surface area contributed by atoms with Crippen LogP contribution in [-0.2, 0) is 0 Å². The fourth-order valence-electron chi connectivity index (χ4n) is 1.97. The molecule has 0 aliphatic heterocycles. The van der Waals surface area contributed by atoms with Gasteiger partial charge in [-0.15, -0.1) is 0 Å². The molecule has 2 aromatic carbocycles. The Morgan fingerprint density at radius 2 is 1.35 bits per heavy atom. The van der Waals surface area contributed by atoms with E-state index in [1.807, 2.05) is 37.3 Å². The normalized spacial score (nSPS) is 10.8. The molecule has 0 amide bonds. The summed E-state index contributed by atoms with van der Waals surface area (Å²) in [5, 5.41) is 0. The number of rotatable bonds is 4. The van der Waals surface area contributed by atoms with Gasteiger partial charge in [-0.2, -0.15) is 0 Å². The second-order valence-electron chi connectivity index (χ2n) is 4.44. The van der Waals surface area contributed by atoms with E-state index in [9.17, 15) is 0 Å². The Bertz CT molecular complexity index is 590. The van der Waals surface area contributed by atoms with E-state index in [-0.39, 0.29) is 0 Å². The van der Waals surface area contributed by atoms with E-state index in [2.05, 4.69) is 34.1 Å². The maximum Gasteiger partial charge on any atom is 0.126 e. The highest BCUT2D eigenvalue weighted by atomic mass is 79.9. The van der Waals surface area contributed by atoms with Crippen LogP contribution in [0.25, 0.3) is 12.2 Å². The van der Waals surface area contributed by atoms with E-state index >= 15 is 0 Å². The zero-order chi connectivity index (χ0) is 14.5. The van der Waals surface area contributed by atoms with Gasteiger partial charge in [0.1, 0.15) is 11.5 Å². The summed E-state index contributed by atoms with van der Waals surface area (Å²) in [6.45, 7) is 1.99. The summed E-state index contributed by atoms with van der Waals surface area (Å²) in [6, 6.07) is 12.2. The lowest BCUT2D eigenvalue weighted by Gasteiger charge is -2.10. The molecule has 0 saturated heterocycles. The third-order valence-corrected chi connectivity index (χ3v) is 3.64. The number of halogens is 1. The molecular formula is C17H17BrO2. The number of ether oxygens (including phenoxy) is 2. The van der Waals surface area contributed by atoms with Gasteiger partial charge >= 0.3 is 0 Å². The molecule has 2 nitrogen and oxygen atoms in total. The third-order valence-electron chi connectivity index (χ3n) is 3.11. The van der Waals surface area contributed by atoms with Crippen molar-refractivity contribution in [3.63, 3.8) is 0 Å². The smallest absolute Gasteiger partial charge is 0.126 e. The quantitative estimate of drug-likeness (QED) is 0.738. The highest BCUT2D eigenvalue weighted by molar-refractivity contribution is 9.10. The van der Waals surface area contributed by atoms with Crippen molar-refractivity contribution in [2.24, 2.45) is 0 Å². The largest absolute Gasteiger partial charge is 0.496 e. The highest BCUT2D eigenvalue weighted by Crippen LogP contribution is 2.30. The molecule has 0 heterocycles. The first-order chi connectivity index (χ1) is 9.63. The molecular weight excluding hydrogens is 316 g/mol. The van der Waals surface area contributed by atoms with Crippen molar-refractivity contribution in [2.45, 2.75) is 6.92 Å². The van der Waals surface area contributed by atoms with E-state index in [1.54, 1.807) is 14.2 Å². The lowest BCUT2D eigenvalue weighted by Crippen LogP contribution is -1.93. The van der Waals surface area contributed by atoms with Crippen LogP contribution in [0.1, 0.15) is 16.7 Å². The molecule has 0 N–H and O–H groups in total. The van der Waals surface area contributed by atoms with E-state index in [0.29, 0.717) is 0 Å². The Balaban J connectivity index is 2.31. The Morgan fingerprint density at radius 3 is 1.85 bits per heavy atom. The maximum absolute atomic E-state index is 5.38. The molecule has 0 spiro atoms. The Hall–Kier alpha value is -1.74. The zero-order valence-electron chi connectivity index (χ0n) is 11.8. The molecule has 0 fully saturated rings. The number of hydrogen-bond donors (Lipinski definition) is 0. The fraction of sp³-hybridized carbons (Fsp3) is 0.176. The molecule has 0 bridgehead atoms. The Kier molecular flexibility index (Phi) is 4.85. The lowest BCUT2D eigenvalue weighted by molar-refractivity contribution is 0.388. The van der Waals surface area contributed by atoms with Crippen molar-refractivity contribution in [2.75, 3.05) is 14.2 Å². The number of benzene rings is 2. The molecule has 0 radical (unpaired) electrons. The van der Waals surface area contributed by atoms with Crippen LogP contribution in [0.2, 0.25) is 0 Å². The van der Waals surface area contributed by atoms with Gasteiger partial charge in [-0.3, -0.25) is 0 Å². The number of hydrogen-bond acceptors (Lipinski definition) is 2. The average Bonchev–Trinajstić information content (AvgIpc) is 2.47. The van der Waals surface area contributed by atoms with Gasteiger partial charge in [-0.05, 0) is 42.3 Å². The molecule has 104 valence electrons. The third kappa shape index (κ3) is 3.42. The molecule has 0 saturated carbocycles. The Morgan fingerprint density at radius 1 is 0.850 bits per heavy atom. The second kappa shape index (κ2) is 6.62. The minimum absolute atomic E-state index is 0.833. The topological polar surface area (TPSA) is 18.5 Å². The molecule has 20 heavy (non-hydrogen) atoms. The van der Waals surface area contributed by atoms with Crippen molar-refractivity contribution in [1.29, 1.82) is 0 Å². The van der Waals surface area contributed by atoms with Crippen LogP contribution >= 0.6 is 15.9 Å². The van der Waals surface area contributed by atoms with Gasteiger partial charge in [0.15, 0.2) is 0 Å². The van der Waals surface area contributed by atoms with Crippen LogP contribution in [0, 0.1) is 6.92 Å². The predicted molar refractivity (Wildman–Crippen MR) is 87.4 cm³/mol. The molecule has 2 rings (SSSR count). The van der Waals surface area contributed by atoms with E-state index in [4.69, 9.17) is 9.47 Å². The summed E-state index contributed by atoms with van der Waals surface area (Å²) >= 11 is 3.43. The van der Waals surface area contributed by atoms with Crippen molar-refractivity contribution < 1.29 is 9.47 Å². The minimum Gasteiger partial charge on any atom is -0.496 e. The average molecular weight is 333 g/mol. The second-order valence-corrected chi connectivity index (χ2v) is 5.35. The minimum atomic E-state index is 0.833. The maximum atomic E-state index is 5.38. The monoisotopic (exact) mass is 332 g/mol. The van der Waals surface area contributed by atoms with Crippen LogP contribution in [-0.4, -0.2) is 14.2 Å². The summed E-state index contributed by atoms with van der Waals surface area (Å²) < 4.78 is 11.8. The molecule has 0 aliphatic rings. The van der Waals surface area contributed by atoms with Crippen molar-refractivity contribution >= 4 is 28.1 Å². The standard InChI is InChI=1S/C17H17BrO2/c1-12-16(19-2)10-14(11-17(12)20-3)5-4-13-6-8-15(18)9-7-13/h4-11H,1-3H3/b5-4+. The molecule has 0 aromatic heterocycles. The van der Waals surface area contributed by atoms with Crippen molar-refractivity contribution in [3.05, 3.63) is 57.6 Å². The van der Waals surface area contributed by atoms with Gasteiger partial charge in [0, 0.05) is 10.0 Å². The first kappa shape index (κ1) is 14.7.